The minimum absolute atomic E-state index is 0.0104. The molecule has 24 heteroatoms. The van der Waals surface area contributed by atoms with Gasteiger partial charge in [0.2, 0.25) is 5.91 Å². The zero-order valence-electron chi connectivity index (χ0n) is 31.4. The number of amides is 3. The molecule has 0 aromatic carbocycles. The van der Waals surface area contributed by atoms with Crippen molar-refractivity contribution in [2.75, 3.05) is 59.6 Å². The molecule has 1 aliphatic rings. The summed E-state index contributed by atoms with van der Waals surface area (Å²) in [6, 6.07) is 2.05. The Hall–Kier alpha value is -3.91. The van der Waals surface area contributed by atoms with E-state index in [9.17, 15) is 50.3 Å². The van der Waals surface area contributed by atoms with Crippen LogP contribution in [0.2, 0.25) is 0 Å². The van der Waals surface area contributed by atoms with Crippen LogP contribution in [0.1, 0.15) is 52.3 Å². The number of alkyl halides is 6. The molecule has 1 fully saturated rings. The number of carbonyl (C=O) groups excluding carboxylic acids is 3. The van der Waals surface area contributed by atoms with Crippen LogP contribution >= 0.6 is 8.53 Å². The quantitative estimate of drug-likeness (QED) is 0.0572. The van der Waals surface area contributed by atoms with Gasteiger partial charge in [0.05, 0.1) is 37.4 Å². The van der Waals surface area contributed by atoms with Gasteiger partial charge in [-0.05, 0) is 33.8 Å². The number of nitrogens with one attached hydrogen (secondary N) is 4. The second kappa shape index (κ2) is 22.7. The van der Waals surface area contributed by atoms with Crippen LogP contribution in [0.5, 0.6) is 0 Å². The Bertz CT molecular complexity index is 1590. The third kappa shape index (κ3) is 15.9. The minimum Gasteiger partial charge on any atom is -0.382 e. The van der Waals surface area contributed by atoms with E-state index in [0.29, 0.717) is 0 Å². The first-order chi connectivity index (χ1) is 26.2. The monoisotopic (exact) mass is 832 g/mol. The van der Waals surface area contributed by atoms with Gasteiger partial charge in [-0.2, -0.15) is 31.6 Å². The molecule has 56 heavy (non-hydrogen) atoms. The smallest absolute Gasteiger partial charge is 0.382 e. The maximum atomic E-state index is 12.9. The van der Waals surface area contributed by atoms with E-state index in [2.05, 4.69) is 10.3 Å². The van der Waals surface area contributed by atoms with E-state index < -0.39 is 81.4 Å². The SMILES string of the molecule is COCC1OC(n2cc(/C=C/C(=O)NCCN(CCNC(=O)C(F)(F)F)CCNC(=O)C(F)(F)F)c(=O)[nH]c2=O)CC1OP(OCCC#N)N(C(C)C)C(C)C. The second-order valence-corrected chi connectivity index (χ2v) is 14.1. The number of methoxy groups -OCH3 is 1. The number of ether oxygens (including phenoxy) is 2. The van der Waals surface area contributed by atoms with Crippen molar-refractivity contribution in [1.29, 1.82) is 5.26 Å². The first kappa shape index (κ1) is 48.2. The number of carbonyl (C=O) groups is 3. The average Bonchev–Trinajstić information content (AvgIpc) is 3.48. The van der Waals surface area contributed by atoms with Crippen LogP contribution in [0.3, 0.4) is 0 Å². The summed E-state index contributed by atoms with van der Waals surface area (Å²) in [4.78, 5) is 63.9. The Labute approximate surface area is 319 Å². The third-order valence-electron chi connectivity index (χ3n) is 7.79. The molecular formula is C32H47F6N8O9P. The van der Waals surface area contributed by atoms with Crippen LogP contribution in [0.25, 0.3) is 6.08 Å². The number of nitriles is 1. The van der Waals surface area contributed by atoms with Crippen molar-refractivity contribution in [3.8, 4) is 6.07 Å². The van der Waals surface area contributed by atoms with E-state index in [-0.39, 0.29) is 69.9 Å². The largest absolute Gasteiger partial charge is 0.471 e. The Morgan fingerprint density at radius 2 is 1.57 bits per heavy atom. The molecule has 0 saturated carbocycles. The van der Waals surface area contributed by atoms with Crippen molar-refractivity contribution >= 4 is 32.3 Å². The van der Waals surface area contributed by atoms with E-state index in [0.717, 1.165) is 16.7 Å². The number of hydrogen-bond donors (Lipinski definition) is 4. The molecule has 0 radical (unpaired) electrons. The lowest BCUT2D eigenvalue weighted by molar-refractivity contribution is -0.173. The summed E-state index contributed by atoms with van der Waals surface area (Å²) in [6.45, 7) is 6.12. The predicted molar refractivity (Wildman–Crippen MR) is 188 cm³/mol. The maximum Gasteiger partial charge on any atom is 0.471 e. The highest BCUT2D eigenvalue weighted by atomic mass is 31.2. The lowest BCUT2D eigenvalue weighted by Crippen LogP contribution is -2.46. The number of nitrogens with zero attached hydrogens (tertiary/aromatic N) is 4. The van der Waals surface area contributed by atoms with Gasteiger partial charge in [-0.25, -0.2) is 9.46 Å². The van der Waals surface area contributed by atoms with Crippen LogP contribution in [0.15, 0.2) is 21.9 Å². The van der Waals surface area contributed by atoms with Gasteiger partial charge in [0.25, 0.3) is 14.1 Å². The van der Waals surface area contributed by atoms with Crippen molar-refractivity contribution < 1.29 is 59.2 Å². The molecule has 1 aliphatic heterocycles. The van der Waals surface area contributed by atoms with Crippen molar-refractivity contribution in [3.63, 3.8) is 0 Å². The fraction of sp³-hybridized carbons (Fsp3) is 0.688. The van der Waals surface area contributed by atoms with Crippen LogP contribution in [-0.2, 0) is 32.9 Å². The van der Waals surface area contributed by atoms with Crippen molar-refractivity contribution in [2.45, 2.75) is 83.4 Å². The Morgan fingerprint density at radius 1 is 1.02 bits per heavy atom. The van der Waals surface area contributed by atoms with Crippen molar-refractivity contribution in [1.82, 2.24) is 35.1 Å². The predicted octanol–water partition coefficient (Wildman–Crippen LogP) is 1.92. The van der Waals surface area contributed by atoms with Gasteiger partial charge in [-0.1, -0.05) is 0 Å². The standard InChI is InChI=1S/C32H47F6N8O9P/c1-20(2)46(21(3)4)56(53-16-6-9-39)55-23-17-26(54-24(23)19-52-5)45-18-22(27(48)43-30(45)51)7-8-25(47)40-10-13-44(14-11-41-28(49)31(33,34)35)15-12-42-29(50)32(36,37)38/h7-8,18,20-21,23-24,26H,6,10-17,19H2,1-5H3,(H,40,47)(H,41,49)(H,42,50)(H,43,48,51)/b8-7+. The first-order valence-electron chi connectivity index (χ1n) is 17.3. The van der Waals surface area contributed by atoms with E-state index in [4.69, 9.17) is 23.8 Å². The van der Waals surface area contributed by atoms with Gasteiger partial charge in [-0.15, -0.1) is 0 Å². The number of hydrogen-bond acceptors (Lipinski definition) is 12. The van der Waals surface area contributed by atoms with Crippen LogP contribution in [0, 0.1) is 11.3 Å². The van der Waals surface area contributed by atoms with Crippen LogP contribution < -0.4 is 27.2 Å². The molecule has 3 amide bonds. The molecule has 316 valence electrons. The van der Waals surface area contributed by atoms with E-state index in [1.54, 1.807) is 10.6 Å². The highest BCUT2D eigenvalue weighted by Crippen LogP contribution is 2.50. The summed E-state index contributed by atoms with van der Waals surface area (Å²) in [5, 5.41) is 14.7. The molecule has 4 N–H and O–H groups in total. The fourth-order valence-corrected chi connectivity index (χ4v) is 7.05. The number of rotatable bonds is 22. The number of aromatic nitrogens is 2. The molecular weight excluding hydrogens is 785 g/mol. The van der Waals surface area contributed by atoms with Gasteiger partial charge in [0, 0.05) is 77.2 Å². The second-order valence-electron chi connectivity index (χ2n) is 12.7. The zero-order valence-corrected chi connectivity index (χ0v) is 32.3. The molecule has 0 aliphatic carbocycles. The lowest BCUT2D eigenvalue weighted by Gasteiger charge is -2.37. The third-order valence-corrected chi connectivity index (χ3v) is 9.94. The van der Waals surface area contributed by atoms with Gasteiger partial charge < -0.3 is 34.5 Å². The highest BCUT2D eigenvalue weighted by molar-refractivity contribution is 7.44. The topological polar surface area (TPSA) is 209 Å². The Morgan fingerprint density at radius 3 is 2.07 bits per heavy atom. The Kier molecular flexibility index (Phi) is 19.6. The highest BCUT2D eigenvalue weighted by Gasteiger charge is 2.42. The van der Waals surface area contributed by atoms with E-state index >= 15 is 0 Å². The van der Waals surface area contributed by atoms with E-state index in [1.807, 2.05) is 38.4 Å². The molecule has 1 saturated heterocycles. The van der Waals surface area contributed by atoms with Gasteiger partial charge in [-0.3, -0.25) is 33.6 Å². The summed E-state index contributed by atoms with van der Waals surface area (Å²) >= 11 is 0. The summed E-state index contributed by atoms with van der Waals surface area (Å²) in [6.07, 6.45) is -9.03. The minimum atomic E-state index is -5.16. The Balaban J connectivity index is 2.15. The molecule has 4 atom stereocenters. The van der Waals surface area contributed by atoms with Crippen LogP contribution in [-0.4, -0.2) is 133 Å². The van der Waals surface area contributed by atoms with Gasteiger partial charge in [0.15, 0.2) is 0 Å². The summed E-state index contributed by atoms with van der Waals surface area (Å²) in [5.41, 5.74) is -1.76. The van der Waals surface area contributed by atoms with Crippen molar-refractivity contribution in [2.24, 2.45) is 0 Å². The lowest BCUT2D eigenvalue weighted by atomic mass is 10.2. The molecule has 2 heterocycles. The van der Waals surface area contributed by atoms with E-state index in [1.165, 1.54) is 18.2 Å². The normalized spacial score (nSPS) is 18.2. The molecule has 1 aromatic heterocycles. The molecule has 0 spiro atoms. The van der Waals surface area contributed by atoms with Crippen molar-refractivity contribution in [3.05, 3.63) is 38.7 Å². The maximum absolute atomic E-state index is 12.9. The van der Waals surface area contributed by atoms with Gasteiger partial charge >= 0.3 is 29.9 Å². The fourth-order valence-electron chi connectivity index (χ4n) is 5.29. The molecule has 1 aromatic rings. The number of aromatic amines is 1. The molecule has 0 bridgehead atoms. The van der Waals surface area contributed by atoms with Crippen LogP contribution in [0.4, 0.5) is 26.3 Å². The van der Waals surface area contributed by atoms with Gasteiger partial charge in [0.1, 0.15) is 12.3 Å². The summed E-state index contributed by atoms with van der Waals surface area (Å²) < 4.78 is 102. The summed E-state index contributed by atoms with van der Waals surface area (Å²) in [5.74, 6) is -5.21. The zero-order chi connectivity index (χ0) is 42.2. The number of halogens is 6. The number of H-pyrrole nitrogens is 1. The summed E-state index contributed by atoms with van der Waals surface area (Å²) in [7, 11) is -0.225. The molecule has 2 rings (SSSR count). The average molecular weight is 833 g/mol. The first-order valence-corrected chi connectivity index (χ1v) is 18.5. The molecule has 4 unspecified atom stereocenters. The molecule has 17 nitrogen and oxygen atoms in total.